The van der Waals surface area contributed by atoms with Crippen LogP contribution in [0.5, 0.6) is 11.5 Å². The molecule has 0 aromatic heterocycles. The Kier molecular flexibility index (Phi) is 3.89. The van der Waals surface area contributed by atoms with Gasteiger partial charge in [0.15, 0.2) is 0 Å². The van der Waals surface area contributed by atoms with Gasteiger partial charge in [0.1, 0.15) is 23.9 Å². The van der Waals surface area contributed by atoms with Gasteiger partial charge in [-0.15, -0.1) is 0 Å². The SMILES string of the molecule is Cc1cc(O)cc(OCc2ccc(C(N)=O)cc2F)c1. The molecule has 0 fully saturated rings. The van der Waals surface area contributed by atoms with Crippen molar-refractivity contribution in [3.8, 4) is 11.5 Å². The van der Waals surface area contributed by atoms with Crippen molar-refractivity contribution in [2.75, 3.05) is 0 Å². The maximum Gasteiger partial charge on any atom is 0.248 e. The zero-order valence-electron chi connectivity index (χ0n) is 10.9. The molecule has 2 aromatic carbocycles. The Morgan fingerprint density at radius 3 is 2.65 bits per heavy atom. The minimum Gasteiger partial charge on any atom is -0.508 e. The van der Waals surface area contributed by atoms with Crippen LogP contribution in [0.4, 0.5) is 4.39 Å². The monoisotopic (exact) mass is 275 g/mol. The number of nitrogens with two attached hydrogens (primary N) is 1. The average molecular weight is 275 g/mol. The first kappa shape index (κ1) is 13.9. The third kappa shape index (κ3) is 3.26. The van der Waals surface area contributed by atoms with Gasteiger partial charge in [-0.3, -0.25) is 4.79 Å². The molecule has 0 bridgehead atoms. The second kappa shape index (κ2) is 5.61. The highest BCUT2D eigenvalue weighted by Gasteiger charge is 2.08. The van der Waals surface area contributed by atoms with Crippen molar-refractivity contribution in [1.29, 1.82) is 0 Å². The minimum atomic E-state index is -0.681. The van der Waals surface area contributed by atoms with Crippen LogP contribution in [0.15, 0.2) is 36.4 Å². The summed E-state index contributed by atoms with van der Waals surface area (Å²) in [6.45, 7) is 1.81. The van der Waals surface area contributed by atoms with Crippen LogP contribution < -0.4 is 10.5 Å². The molecule has 1 amide bonds. The third-order valence-corrected chi connectivity index (χ3v) is 2.77. The molecule has 20 heavy (non-hydrogen) atoms. The minimum absolute atomic E-state index is 0.00618. The van der Waals surface area contributed by atoms with Crippen molar-refractivity contribution in [3.05, 3.63) is 58.9 Å². The second-order valence-corrected chi connectivity index (χ2v) is 4.46. The lowest BCUT2D eigenvalue weighted by Gasteiger charge is -2.09. The first-order valence-corrected chi connectivity index (χ1v) is 5.97. The molecule has 0 aliphatic carbocycles. The summed E-state index contributed by atoms with van der Waals surface area (Å²) in [6.07, 6.45) is 0. The fourth-order valence-corrected chi connectivity index (χ4v) is 1.79. The van der Waals surface area contributed by atoms with Crippen molar-refractivity contribution in [1.82, 2.24) is 0 Å². The summed E-state index contributed by atoms with van der Waals surface area (Å²) in [5, 5.41) is 9.44. The van der Waals surface area contributed by atoms with Crippen molar-refractivity contribution in [2.24, 2.45) is 5.73 Å². The quantitative estimate of drug-likeness (QED) is 0.900. The first-order valence-electron chi connectivity index (χ1n) is 5.97. The van der Waals surface area contributed by atoms with Crippen molar-refractivity contribution in [3.63, 3.8) is 0 Å². The molecule has 0 aliphatic rings. The molecular formula is C15H14FNO3. The van der Waals surface area contributed by atoms with E-state index in [-0.39, 0.29) is 17.9 Å². The molecule has 4 nitrogen and oxygen atoms in total. The van der Waals surface area contributed by atoms with Gasteiger partial charge >= 0.3 is 0 Å². The van der Waals surface area contributed by atoms with Crippen LogP contribution in [-0.2, 0) is 6.61 Å². The molecule has 2 rings (SSSR count). The molecule has 0 radical (unpaired) electrons. The van der Waals surface area contributed by atoms with E-state index in [1.54, 1.807) is 12.1 Å². The molecule has 0 unspecified atom stereocenters. The number of aryl methyl sites for hydroxylation is 1. The number of benzene rings is 2. The number of phenols is 1. The number of primary amides is 1. The largest absolute Gasteiger partial charge is 0.508 e. The Labute approximate surface area is 115 Å². The molecule has 0 saturated carbocycles. The summed E-state index contributed by atoms with van der Waals surface area (Å²) in [7, 11) is 0. The number of hydrogen-bond acceptors (Lipinski definition) is 3. The molecule has 0 spiro atoms. The van der Waals surface area contributed by atoms with Gasteiger partial charge in [0.25, 0.3) is 0 Å². The maximum absolute atomic E-state index is 13.7. The Balaban J connectivity index is 2.12. The molecule has 0 aliphatic heterocycles. The summed E-state index contributed by atoms with van der Waals surface area (Å²) in [5.74, 6) is -0.705. The van der Waals surface area contributed by atoms with Gasteiger partial charge in [-0.1, -0.05) is 6.07 Å². The van der Waals surface area contributed by atoms with Gasteiger partial charge in [-0.05, 0) is 36.8 Å². The topological polar surface area (TPSA) is 72.6 Å². The number of ether oxygens (including phenoxy) is 1. The highest BCUT2D eigenvalue weighted by atomic mass is 19.1. The van der Waals surface area contributed by atoms with Gasteiger partial charge < -0.3 is 15.6 Å². The Bertz CT molecular complexity index is 635. The highest BCUT2D eigenvalue weighted by molar-refractivity contribution is 5.92. The van der Waals surface area contributed by atoms with E-state index in [4.69, 9.17) is 10.5 Å². The lowest BCUT2D eigenvalue weighted by atomic mass is 10.1. The molecule has 104 valence electrons. The number of phenolic OH excluding ortho intramolecular Hbond substituents is 1. The zero-order valence-corrected chi connectivity index (χ0v) is 10.9. The van der Waals surface area contributed by atoms with E-state index in [0.717, 1.165) is 11.6 Å². The number of carbonyl (C=O) groups is 1. The van der Waals surface area contributed by atoms with Gasteiger partial charge in [0.2, 0.25) is 5.91 Å². The first-order chi connectivity index (χ1) is 9.45. The van der Waals surface area contributed by atoms with Gasteiger partial charge in [0, 0.05) is 17.2 Å². The number of halogens is 1. The van der Waals surface area contributed by atoms with Crippen LogP contribution >= 0.6 is 0 Å². The predicted molar refractivity (Wildman–Crippen MR) is 72.1 cm³/mol. The van der Waals surface area contributed by atoms with E-state index in [9.17, 15) is 14.3 Å². The number of aromatic hydroxyl groups is 1. The summed E-state index contributed by atoms with van der Waals surface area (Å²) < 4.78 is 19.2. The van der Waals surface area contributed by atoms with E-state index in [0.29, 0.717) is 11.3 Å². The molecular weight excluding hydrogens is 261 g/mol. The van der Waals surface area contributed by atoms with E-state index in [2.05, 4.69) is 0 Å². The number of rotatable bonds is 4. The molecule has 0 atom stereocenters. The van der Waals surface area contributed by atoms with E-state index < -0.39 is 11.7 Å². The highest BCUT2D eigenvalue weighted by Crippen LogP contribution is 2.22. The van der Waals surface area contributed by atoms with Crippen LogP contribution in [0.1, 0.15) is 21.5 Å². The fraction of sp³-hybridized carbons (Fsp3) is 0.133. The van der Waals surface area contributed by atoms with Crippen LogP contribution in [-0.4, -0.2) is 11.0 Å². The Morgan fingerprint density at radius 1 is 1.30 bits per heavy atom. The number of hydrogen-bond donors (Lipinski definition) is 2. The molecule has 0 heterocycles. The summed E-state index contributed by atoms with van der Waals surface area (Å²) >= 11 is 0. The summed E-state index contributed by atoms with van der Waals surface area (Å²) in [5.41, 5.74) is 6.32. The van der Waals surface area contributed by atoms with Crippen LogP contribution in [0.3, 0.4) is 0 Å². The molecule has 5 heteroatoms. The zero-order chi connectivity index (χ0) is 14.7. The van der Waals surface area contributed by atoms with Crippen LogP contribution in [0.25, 0.3) is 0 Å². The standard InChI is InChI=1S/C15H14FNO3/c1-9-4-12(18)7-13(5-9)20-8-11-3-2-10(15(17)19)6-14(11)16/h2-7,18H,8H2,1H3,(H2,17,19). The van der Waals surface area contributed by atoms with E-state index in [1.165, 1.54) is 18.2 Å². The van der Waals surface area contributed by atoms with Gasteiger partial charge in [-0.25, -0.2) is 4.39 Å². The number of carbonyl (C=O) groups excluding carboxylic acids is 1. The van der Waals surface area contributed by atoms with Crippen LogP contribution in [0.2, 0.25) is 0 Å². The average Bonchev–Trinajstić information content (AvgIpc) is 2.36. The lowest BCUT2D eigenvalue weighted by molar-refractivity contribution is 0.0999. The normalized spacial score (nSPS) is 10.3. The lowest BCUT2D eigenvalue weighted by Crippen LogP contribution is -2.11. The van der Waals surface area contributed by atoms with Gasteiger partial charge in [0.05, 0.1) is 0 Å². The smallest absolute Gasteiger partial charge is 0.248 e. The van der Waals surface area contributed by atoms with Gasteiger partial charge in [-0.2, -0.15) is 0 Å². The van der Waals surface area contributed by atoms with E-state index in [1.807, 2.05) is 6.92 Å². The second-order valence-electron chi connectivity index (χ2n) is 4.46. The van der Waals surface area contributed by atoms with Crippen molar-refractivity contribution >= 4 is 5.91 Å². The Morgan fingerprint density at radius 2 is 2.05 bits per heavy atom. The maximum atomic E-state index is 13.7. The van der Waals surface area contributed by atoms with Crippen molar-refractivity contribution < 1.29 is 19.0 Å². The third-order valence-electron chi connectivity index (χ3n) is 2.77. The number of amides is 1. The Hall–Kier alpha value is -2.56. The predicted octanol–water partition coefficient (Wildman–Crippen LogP) is 2.52. The van der Waals surface area contributed by atoms with Crippen LogP contribution in [0, 0.1) is 12.7 Å². The molecule has 3 N–H and O–H groups in total. The summed E-state index contributed by atoms with van der Waals surface area (Å²) in [6, 6.07) is 8.74. The van der Waals surface area contributed by atoms with Crippen molar-refractivity contribution in [2.45, 2.75) is 13.5 Å². The molecule has 0 saturated heterocycles. The molecule has 2 aromatic rings. The summed E-state index contributed by atoms with van der Waals surface area (Å²) in [4.78, 5) is 10.9. The fourth-order valence-electron chi connectivity index (χ4n) is 1.79. The van der Waals surface area contributed by atoms with E-state index >= 15 is 0 Å².